The van der Waals surface area contributed by atoms with Gasteiger partial charge in [-0.2, -0.15) is 0 Å². The van der Waals surface area contributed by atoms with Gasteiger partial charge in [0.05, 0.1) is 11.6 Å². The van der Waals surface area contributed by atoms with E-state index in [-0.39, 0.29) is 16.6 Å². The molecule has 0 amide bonds. The minimum atomic E-state index is -1.94. The van der Waals surface area contributed by atoms with Gasteiger partial charge in [-0.1, -0.05) is 35.9 Å². The topological polar surface area (TPSA) is 116 Å². The van der Waals surface area contributed by atoms with E-state index in [0.717, 1.165) is 11.1 Å². The Morgan fingerprint density at radius 3 is 2.52 bits per heavy atom. The fourth-order valence-corrected chi connectivity index (χ4v) is 3.40. The van der Waals surface area contributed by atoms with Crippen LogP contribution >= 0.6 is 11.6 Å². The number of benzene rings is 2. The van der Waals surface area contributed by atoms with Crippen LogP contribution < -0.4 is 4.74 Å². The Morgan fingerprint density at radius 2 is 1.90 bits per heavy atom. The zero-order valence-corrected chi connectivity index (χ0v) is 16.7. The molecule has 0 saturated carbocycles. The lowest BCUT2D eigenvalue weighted by Gasteiger charge is -2.45. The van der Waals surface area contributed by atoms with Gasteiger partial charge in [-0.3, -0.25) is 4.79 Å². The molecule has 1 aliphatic rings. The largest absolute Gasteiger partial charge is 0.460 e. The highest BCUT2D eigenvalue weighted by molar-refractivity contribution is 6.32. The molecule has 29 heavy (non-hydrogen) atoms. The minimum absolute atomic E-state index is 0.0474. The van der Waals surface area contributed by atoms with Crippen molar-refractivity contribution in [1.29, 1.82) is 0 Å². The summed E-state index contributed by atoms with van der Waals surface area (Å²) in [5.41, 5.74) is 0.188. The second-order valence-electron chi connectivity index (χ2n) is 7.25. The summed E-state index contributed by atoms with van der Waals surface area (Å²) in [6.45, 7) is 2.19. The van der Waals surface area contributed by atoms with Gasteiger partial charge >= 0.3 is 0 Å². The van der Waals surface area contributed by atoms with Crippen molar-refractivity contribution in [1.82, 2.24) is 0 Å². The summed E-state index contributed by atoms with van der Waals surface area (Å²) in [6, 6.07) is 12.0. The van der Waals surface area contributed by atoms with E-state index in [9.17, 15) is 25.2 Å². The van der Waals surface area contributed by atoms with E-state index >= 15 is 0 Å². The van der Waals surface area contributed by atoms with Crippen LogP contribution in [0, 0.1) is 0 Å². The van der Waals surface area contributed by atoms with Crippen molar-refractivity contribution in [3.05, 3.63) is 53.1 Å². The van der Waals surface area contributed by atoms with Gasteiger partial charge < -0.3 is 29.9 Å². The Bertz CT molecular complexity index is 898. The van der Waals surface area contributed by atoms with Crippen molar-refractivity contribution in [3.8, 4) is 16.9 Å². The number of hydrogen-bond acceptors (Lipinski definition) is 7. The molecule has 5 atom stereocenters. The number of hydrogen-bond donors (Lipinski definition) is 4. The van der Waals surface area contributed by atoms with Crippen molar-refractivity contribution >= 4 is 17.4 Å². The maximum absolute atomic E-state index is 11.6. The molecule has 0 bridgehead atoms. The summed E-state index contributed by atoms with van der Waals surface area (Å²) >= 11 is 6.34. The Morgan fingerprint density at radius 1 is 1.21 bits per heavy atom. The first-order chi connectivity index (χ1) is 13.6. The van der Waals surface area contributed by atoms with Crippen LogP contribution in [0.2, 0.25) is 5.02 Å². The maximum atomic E-state index is 11.6. The second-order valence-corrected chi connectivity index (χ2v) is 7.66. The first-order valence-electron chi connectivity index (χ1n) is 9.07. The summed E-state index contributed by atoms with van der Waals surface area (Å²) in [6.07, 6.45) is -5.56. The predicted molar refractivity (Wildman–Crippen MR) is 106 cm³/mol. The second kappa shape index (κ2) is 8.39. The van der Waals surface area contributed by atoms with E-state index in [4.69, 9.17) is 21.1 Å². The van der Waals surface area contributed by atoms with Crippen LogP contribution in [-0.2, 0) is 4.74 Å². The molecule has 2 aromatic carbocycles. The van der Waals surface area contributed by atoms with Crippen molar-refractivity contribution in [2.75, 3.05) is 6.61 Å². The normalized spacial score (nSPS) is 29.5. The van der Waals surface area contributed by atoms with Crippen molar-refractivity contribution in [2.45, 2.75) is 44.1 Å². The molecule has 1 aliphatic heterocycles. The average molecular weight is 423 g/mol. The van der Waals surface area contributed by atoms with Crippen LogP contribution in [-0.4, -0.2) is 63.0 Å². The van der Waals surface area contributed by atoms with E-state index in [1.807, 2.05) is 6.07 Å². The molecule has 1 fully saturated rings. The van der Waals surface area contributed by atoms with E-state index in [2.05, 4.69) is 0 Å². The Hall–Kier alpha value is -2.00. The molecule has 3 rings (SSSR count). The number of aliphatic hydroxyl groups excluding tert-OH is 3. The number of halogens is 1. The number of carbonyl (C=O) groups is 1. The minimum Gasteiger partial charge on any atom is -0.460 e. The zero-order valence-electron chi connectivity index (χ0n) is 15.9. The molecule has 1 heterocycles. The van der Waals surface area contributed by atoms with Crippen LogP contribution in [0.25, 0.3) is 11.1 Å². The SMILES string of the molecule is CC(=O)c1cccc(-c2ccc(O[C@H]3OC(CO)[C@@H](O)C(O)[C@]3(C)O)c(Cl)c2)c1. The van der Waals surface area contributed by atoms with E-state index < -0.39 is 36.8 Å². The highest BCUT2D eigenvalue weighted by Crippen LogP contribution is 2.36. The van der Waals surface area contributed by atoms with Gasteiger partial charge in [0.1, 0.15) is 24.1 Å². The summed E-state index contributed by atoms with van der Waals surface area (Å²) < 4.78 is 11.1. The molecule has 2 aromatic rings. The molecular formula is C21H23ClO7. The Kier molecular flexibility index (Phi) is 6.28. The van der Waals surface area contributed by atoms with Gasteiger partial charge in [-0.15, -0.1) is 0 Å². The predicted octanol–water partition coefficient (Wildman–Crippen LogP) is 1.78. The number of Topliss-reactive ketones (excluding diaryl/α,β-unsaturated/α-hetero) is 1. The fourth-order valence-electron chi connectivity index (χ4n) is 3.17. The monoisotopic (exact) mass is 422 g/mol. The molecule has 156 valence electrons. The third-order valence-electron chi connectivity index (χ3n) is 5.03. The quantitative estimate of drug-likeness (QED) is 0.542. The Balaban J connectivity index is 1.85. The number of ketones is 1. The number of ether oxygens (including phenoxy) is 2. The molecule has 2 unspecified atom stereocenters. The third kappa shape index (κ3) is 4.30. The smallest absolute Gasteiger partial charge is 0.231 e. The molecule has 0 aliphatic carbocycles. The lowest BCUT2D eigenvalue weighted by molar-refractivity contribution is -0.314. The van der Waals surface area contributed by atoms with Crippen molar-refractivity contribution in [3.63, 3.8) is 0 Å². The van der Waals surface area contributed by atoms with Gasteiger partial charge in [-0.05, 0) is 43.2 Å². The molecule has 0 spiro atoms. The van der Waals surface area contributed by atoms with Crippen molar-refractivity contribution in [2.24, 2.45) is 0 Å². The first kappa shape index (κ1) is 21.7. The maximum Gasteiger partial charge on any atom is 0.231 e. The molecule has 7 nitrogen and oxygen atoms in total. The first-order valence-corrected chi connectivity index (χ1v) is 9.45. The highest BCUT2D eigenvalue weighted by Gasteiger charge is 2.53. The molecule has 1 saturated heterocycles. The van der Waals surface area contributed by atoms with E-state index in [1.54, 1.807) is 36.4 Å². The Labute approximate surface area is 173 Å². The molecule has 0 aromatic heterocycles. The lowest BCUT2D eigenvalue weighted by Crippen LogP contribution is -2.66. The van der Waals surface area contributed by atoms with Gasteiger partial charge in [-0.25, -0.2) is 0 Å². The fraction of sp³-hybridized carbons (Fsp3) is 0.381. The van der Waals surface area contributed by atoms with E-state index in [1.165, 1.54) is 13.8 Å². The van der Waals surface area contributed by atoms with Crippen molar-refractivity contribution < 1.29 is 34.7 Å². The molecular weight excluding hydrogens is 400 g/mol. The summed E-state index contributed by atoms with van der Waals surface area (Å²) in [4.78, 5) is 11.6. The summed E-state index contributed by atoms with van der Waals surface area (Å²) in [5, 5.41) is 40.2. The average Bonchev–Trinajstić information content (AvgIpc) is 2.70. The number of rotatable bonds is 5. The van der Waals surface area contributed by atoms with Crippen LogP contribution in [0.15, 0.2) is 42.5 Å². The zero-order chi connectivity index (χ0) is 21.3. The van der Waals surface area contributed by atoms with Gasteiger partial charge in [0.2, 0.25) is 6.29 Å². The summed E-state index contributed by atoms with van der Waals surface area (Å²) in [5.74, 6) is 0.137. The summed E-state index contributed by atoms with van der Waals surface area (Å²) in [7, 11) is 0. The number of aliphatic hydroxyl groups is 4. The van der Waals surface area contributed by atoms with Crippen LogP contribution in [0.4, 0.5) is 0 Å². The van der Waals surface area contributed by atoms with Crippen LogP contribution in [0.5, 0.6) is 5.75 Å². The standard InChI is InChI=1S/C21H23ClO7/c1-11(24)12-4-3-5-13(8-12)14-6-7-16(15(22)9-14)28-20-21(2,27)19(26)18(25)17(10-23)29-20/h3-9,17-20,23,25-27H,10H2,1-2H3/t17?,18-,19?,20+,21+/m1/s1. The highest BCUT2D eigenvalue weighted by atomic mass is 35.5. The number of carbonyl (C=O) groups excluding carboxylic acids is 1. The van der Waals surface area contributed by atoms with Gasteiger partial charge in [0.15, 0.2) is 11.4 Å². The van der Waals surface area contributed by atoms with E-state index in [0.29, 0.717) is 5.56 Å². The van der Waals surface area contributed by atoms with Crippen LogP contribution in [0.3, 0.4) is 0 Å². The molecule has 8 heteroatoms. The van der Waals surface area contributed by atoms with Gasteiger partial charge in [0, 0.05) is 5.56 Å². The third-order valence-corrected chi connectivity index (χ3v) is 5.32. The lowest BCUT2D eigenvalue weighted by atomic mass is 9.88. The molecule has 0 radical (unpaired) electrons. The van der Waals surface area contributed by atoms with Gasteiger partial charge in [0.25, 0.3) is 0 Å². The van der Waals surface area contributed by atoms with Crippen LogP contribution in [0.1, 0.15) is 24.2 Å². The molecule has 4 N–H and O–H groups in total.